The Morgan fingerprint density at radius 1 is 1.29 bits per heavy atom. The molecule has 1 aliphatic rings. The van der Waals surface area contributed by atoms with E-state index in [0.717, 1.165) is 12.1 Å². The predicted octanol–water partition coefficient (Wildman–Crippen LogP) is 1.96. The Bertz CT molecular complexity index is 811. The Morgan fingerprint density at radius 3 is 2.75 bits per heavy atom. The highest BCUT2D eigenvalue weighted by molar-refractivity contribution is 7.90. The number of nitrogens with zero attached hydrogens (tertiary/aromatic N) is 1. The van der Waals surface area contributed by atoms with E-state index < -0.39 is 32.9 Å². The lowest BCUT2D eigenvalue weighted by molar-refractivity contribution is -0.110. The predicted molar refractivity (Wildman–Crippen MR) is 81.1 cm³/mol. The van der Waals surface area contributed by atoms with Crippen LogP contribution in [0.5, 0.6) is 0 Å². The second kappa shape index (κ2) is 6.60. The van der Waals surface area contributed by atoms with Gasteiger partial charge in [-0.2, -0.15) is 5.06 Å². The normalized spacial score (nSPS) is 22.1. The molecule has 0 spiro atoms. The van der Waals surface area contributed by atoms with Crippen molar-refractivity contribution in [2.75, 3.05) is 13.7 Å². The van der Waals surface area contributed by atoms with Crippen LogP contribution in [0.15, 0.2) is 41.0 Å². The van der Waals surface area contributed by atoms with Gasteiger partial charge in [0.1, 0.15) is 11.0 Å². The molecule has 1 aromatic heterocycles. The molecule has 0 aliphatic carbocycles. The van der Waals surface area contributed by atoms with Crippen LogP contribution in [0.1, 0.15) is 17.4 Å². The zero-order valence-electron chi connectivity index (χ0n) is 12.8. The van der Waals surface area contributed by atoms with Gasteiger partial charge in [-0.15, -0.1) is 0 Å². The number of hydrogen-bond donors (Lipinski definition) is 1. The van der Waals surface area contributed by atoms with E-state index in [9.17, 15) is 17.2 Å². The zero-order chi connectivity index (χ0) is 17.3. The third-order valence-corrected chi connectivity index (χ3v) is 5.64. The molecule has 9 heteroatoms. The van der Waals surface area contributed by atoms with Crippen molar-refractivity contribution < 1.29 is 26.5 Å². The molecule has 1 N–H and O–H groups in total. The Morgan fingerprint density at radius 2 is 2.08 bits per heavy atom. The first-order valence-corrected chi connectivity index (χ1v) is 8.74. The van der Waals surface area contributed by atoms with Gasteiger partial charge >= 0.3 is 0 Å². The van der Waals surface area contributed by atoms with Crippen molar-refractivity contribution in [3.63, 3.8) is 0 Å². The van der Waals surface area contributed by atoms with Crippen LogP contribution in [0.2, 0.25) is 0 Å². The van der Waals surface area contributed by atoms with Gasteiger partial charge < -0.3 is 4.42 Å². The van der Waals surface area contributed by atoms with Crippen LogP contribution in [0.3, 0.4) is 0 Å². The Kier molecular flexibility index (Phi) is 4.68. The molecule has 6 nitrogen and oxygen atoms in total. The zero-order valence-corrected chi connectivity index (χ0v) is 13.6. The maximum Gasteiger partial charge on any atom is 0.219 e. The fraction of sp³-hybridized carbons (Fsp3) is 0.333. The molecule has 2 aromatic rings. The quantitative estimate of drug-likeness (QED) is 0.885. The Balaban J connectivity index is 1.83. The third kappa shape index (κ3) is 3.34. The molecular formula is C15H16F2N2O4S. The number of halogens is 2. The van der Waals surface area contributed by atoms with Crippen LogP contribution in [-0.4, -0.2) is 32.4 Å². The summed E-state index contributed by atoms with van der Waals surface area (Å²) in [6, 6.07) is 5.85. The van der Waals surface area contributed by atoms with E-state index in [4.69, 9.17) is 9.25 Å². The number of sulfonamides is 1. The van der Waals surface area contributed by atoms with Crippen molar-refractivity contribution in [1.82, 2.24) is 9.79 Å². The molecule has 130 valence electrons. The summed E-state index contributed by atoms with van der Waals surface area (Å²) in [5.41, 5.74) is 0.322. The van der Waals surface area contributed by atoms with Crippen molar-refractivity contribution in [3.05, 3.63) is 59.6 Å². The van der Waals surface area contributed by atoms with Crippen LogP contribution in [0.25, 0.3) is 0 Å². The van der Waals surface area contributed by atoms with Gasteiger partial charge in [-0.25, -0.2) is 21.9 Å². The summed E-state index contributed by atoms with van der Waals surface area (Å²) in [4.78, 5) is 5.30. The molecule has 3 rings (SSSR count). The van der Waals surface area contributed by atoms with E-state index in [1.807, 2.05) is 0 Å². The molecule has 1 aromatic carbocycles. The fourth-order valence-corrected chi connectivity index (χ4v) is 4.13. The van der Waals surface area contributed by atoms with E-state index in [1.165, 1.54) is 17.4 Å². The van der Waals surface area contributed by atoms with E-state index in [0.29, 0.717) is 11.3 Å². The molecule has 1 aliphatic heterocycles. The third-order valence-electron chi connectivity index (χ3n) is 3.90. The van der Waals surface area contributed by atoms with Gasteiger partial charge in [0.25, 0.3) is 0 Å². The van der Waals surface area contributed by atoms with Crippen LogP contribution in [0.4, 0.5) is 8.78 Å². The smallest absolute Gasteiger partial charge is 0.219 e. The summed E-state index contributed by atoms with van der Waals surface area (Å²) >= 11 is 0. The topological polar surface area (TPSA) is 71.8 Å². The van der Waals surface area contributed by atoms with Crippen molar-refractivity contribution in [2.24, 2.45) is 0 Å². The number of nitrogens with one attached hydrogen (secondary N) is 1. The number of hydrogen-bond acceptors (Lipinski definition) is 5. The molecule has 0 saturated carbocycles. The summed E-state index contributed by atoms with van der Waals surface area (Å²) in [7, 11) is -2.23. The summed E-state index contributed by atoms with van der Waals surface area (Å²) in [6.07, 6.45) is 1.44. The second-order valence-corrected chi connectivity index (χ2v) is 7.43. The summed E-state index contributed by atoms with van der Waals surface area (Å²) < 4.78 is 59.3. The number of furan rings is 1. The van der Waals surface area contributed by atoms with Gasteiger partial charge in [-0.1, -0.05) is 6.07 Å². The van der Waals surface area contributed by atoms with Crippen molar-refractivity contribution in [1.29, 1.82) is 0 Å². The molecule has 0 bridgehead atoms. The van der Waals surface area contributed by atoms with Crippen LogP contribution in [-0.2, 0) is 21.4 Å². The summed E-state index contributed by atoms with van der Waals surface area (Å²) in [5.74, 6) is -1.56. The van der Waals surface area contributed by atoms with Gasteiger partial charge in [0.15, 0.2) is 11.6 Å². The Hall–Kier alpha value is -1.81. The number of hydroxylamine groups is 2. The number of rotatable bonds is 5. The molecule has 24 heavy (non-hydrogen) atoms. The van der Waals surface area contributed by atoms with Crippen molar-refractivity contribution in [2.45, 2.75) is 17.8 Å². The van der Waals surface area contributed by atoms with Gasteiger partial charge in [0.2, 0.25) is 10.0 Å². The average molecular weight is 358 g/mol. The molecular weight excluding hydrogens is 342 g/mol. The number of benzene rings is 1. The van der Waals surface area contributed by atoms with Gasteiger partial charge in [0.05, 0.1) is 25.5 Å². The lowest BCUT2D eigenvalue weighted by Gasteiger charge is -2.23. The summed E-state index contributed by atoms with van der Waals surface area (Å²) in [5, 5.41) is 0.367. The lowest BCUT2D eigenvalue weighted by Crippen LogP contribution is -2.39. The van der Waals surface area contributed by atoms with E-state index in [-0.39, 0.29) is 13.2 Å². The van der Waals surface area contributed by atoms with Crippen LogP contribution >= 0.6 is 0 Å². The highest BCUT2D eigenvalue weighted by Gasteiger charge is 2.43. The van der Waals surface area contributed by atoms with Gasteiger partial charge in [0, 0.05) is 7.05 Å². The Labute approximate surface area is 138 Å². The average Bonchev–Trinajstić information content (AvgIpc) is 3.18. The fourth-order valence-electron chi connectivity index (χ4n) is 2.67. The van der Waals surface area contributed by atoms with Crippen molar-refractivity contribution in [3.8, 4) is 0 Å². The SMILES string of the molecule is CN1OCC(S(=O)(=O)NCc2ccco2)C1c1ccc(F)c(F)c1. The minimum atomic E-state index is -3.78. The first-order valence-electron chi connectivity index (χ1n) is 7.20. The molecule has 2 heterocycles. The molecule has 0 radical (unpaired) electrons. The van der Waals surface area contributed by atoms with Crippen LogP contribution < -0.4 is 4.72 Å². The first-order chi connectivity index (χ1) is 11.4. The maximum atomic E-state index is 13.5. The van der Waals surface area contributed by atoms with E-state index in [1.54, 1.807) is 19.2 Å². The highest BCUT2D eigenvalue weighted by atomic mass is 32.2. The molecule has 2 unspecified atom stereocenters. The second-order valence-electron chi connectivity index (χ2n) is 5.44. The molecule has 2 atom stereocenters. The van der Waals surface area contributed by atoms with Gasteiger partial charge in [-0.05, 0) is 29.8 Å². The van der Waals surface area contributed by atoms with Crippen molar-refractivity contribution >= 4 is 10.0 Å². The van der Waals surface area contributed by atoms with E-state index >= 15 is 0 Å². The highest BCUT2D eigenvalue weighted by Crippen LogP contribution is 2.33. The van der Waals surface area contributed by atoms with Gasteiger partial charge in [-0.3, -0.25) is 4.84 Å². The maximum absolute atomic E-state index is 13.5. The van der Waals surface area contributed by atoms with Crippen LogP contribution in [0, 0.1) is 11.6 Å². The monoisotopic (exact) mass is 358 g/mol. The largest absolute Gasteiger partial charge is 0.468 e. The standard InChI is InChI=1S/C15H16F2N2O4S/c1-19-15(10-4-5-12(16)13(17)7-10)14(9-23-19)24(20,21)18-8-11-3-2-6-22-11/h2-7,14-15,18H,8-9H2,1H3. The molecule has 1 fully saturated rings. The minimum Gasteiger partial charge on any atom is -0.468 e. The molecule has 1 saturated heterocycles. The summed E-state index contributed by atoms with van der Waals surface area (Å²) in [6.45, 7) is -0.0896. The van der Waals surface area contributed by atoms with E-state index in [2.05, 4.69) is 4.72 Å². The lowest BCUT2D eigenvalue weighted by atomic mass is 10.0. The molecule has 0 amide bonds. The first kappa shape index (κ1) is 17.0. The minimum absolute atomic E-state index is 0.0000462.